The van der Waals surface area contributed by atoms with Crippen LogP contribution in [0.15, 0.2) is 194 Å². The minimum Gasteiger partial charge on any atom is -0.507 e. The first-order valence-corrected chi connectivity index (χ1v) is 26.3. The van der Waals surface area contributed by atoms with Crippen LogP contribution in [0.3, 0.4) is 0 Å². The minimum atomic E-state index is -5.24. The van der Waals surface area contributed by atoms with Gasteiger partial charge in [0.05, 0.1) is 22.3 Å². The highest BCUT2D eigenvalue weighted by Crippen LogP contribution is 2.55. The number of rotatable bonds is 6. The highest BCUT2D eigenvalue weighted by atomic mass is 19.4. The van der Waals surface area contributed by atoms with Crippen molar-refractivity contribution in [1.29, 1.82) is 0 Å². The Morgan fingerprint density at radius 1 is 0.261 bits per heavy atom. The molecule has 0 amide bonds. The zero-order valence-corrected chi connectivity index (χ0v) is 44.9. The van der Waals surface area contributed by atoms with Crippen molar-refractivity contribution in [2.24, 2.45) is 0 Å². The number of alkyl halides is 12. The van der Waals surface area contributed by atoms with E-state index in [-0.39, 0.29) is 67.4 Å². The van der Waals surface area contributed by atoms with Gasteiger partial charge in [-0.2, -0.15) is 52.7 Å². The lowest BCUT2D eigenvalue weighted by Crippen LogP contribution is -2.11. The zero-order valence-electron chi connectivity index (χ0n) is 44.9. The summed E-state index contributed by atoms with van der Waals surface area (Å²) in [6.07, 6.45) is -21.0. The van der Waals surface area contributed by atoms with E-state index in [2.05, 4.69) is 0 Å². The Morgan fingerprint density at radius 3 is 0.739 bits per heavy atom. The lowest BCUT2D eigenvalue weighted by atomic mass is 9.85. The molecule has 444 valence electrons. The largest absolute Gasteiger partial charge is 0.507 e. The van der Waals surface area contributed by atoms with E-state index in [9.17, 15) is 86.3 Å². The van der Waals surface area contributed by atoms with Crippen LogP contribution in [0, 0.1) is 24.4 Å². The highest BCUT2D eigenvalue weighted by Gasteiger charge is 2.39. The van der Waals surface area contributed by atoms with E-state index in [1.807, 2.05) is 48.5 Å². The van der Waals surface area contributed by atoms with E-state index in [0.29, 0.717) is 68.2 Å². The van der Waals surface area contributed by atoms with Crippen molar-refractivity contribution in [1.82, 2.24) is 0 Å². The molecule has 0 aliphatic rings. The third-order valence-electron chi connectivity index (χ3n) is 14.9. The molecule has 88 heavy (non-hydrogen) atoms. The van der Waals surface area contributed by atoms with Gasteiger partial charge in [0.15, 0.2) is 0 Å². The van der Waals surface area contributed by atoms with Gasteiger partial charge in [-0.1, -0.05) is 103 Å². The maximum Gasteiger partial charge on any atom is 0.416 e. The number of aryl methyl sites for hydroxylation is 1. The fraction of sp³-hybridized carbons (Fsp3) is 0.0725. The van der Waals surface area contributed by atoms with Crippen molar-refractivity contribution in [3.63, 3.8) is 0 Å². The lowest BCUT2D eigenvalue weighted by molar-refractivity contribution is -0.144. The number of hydrogen-bond donors (Lipinski definition) is 4. The van der Waals surface area contributed by atoms with Crippen LogP contribution in [0.5, 0.6) is 23.0 Å². The Bertz CT molecular complexity index is 4390. The van der Waals surface area contributed by atoms with Crippen LogP contribution < -0.4 is 0 Å². The molecule has 0 atom stereocenters. The molecule has 0 bridgehead atoms. The molecule has 0 aromatic heterocycles. The predicted molar refractivity (Wildman–Crippen MR) is 307 cm³/mol. The molecule has 4 nitrogen and oxygen atoms in total. The summed E-state index contributed by atoms with van der Waals surface area (Å²) in [5, 5.41) is 50.2. The Kier molecular flexibility index (Phi) is 14.9. The standard InChI is InChI=1S/C36H18F12O2.C33H21F3O2/c37-33(38,39)21-9-19(10-22(15-21)34(40,41)42)27-13-17-5-1-3-7-25(17)29(31(27)49)30-26-8-4-2-6-18(26)14-28(32(30)50)20-11-23(35(43,44)45)16-24(12-20)36(46,47)48;1-18-10-21(12-23(34)11-18)28-15-19-6-2-4-8-26(19)30(32(28)37)31-27-9-5-3-7-20(27)16-29(33(31)38)22-13-24(35)17-25(36)14-22/h1-16,49-50H;2-17,37-38H,1H3. The van der Waals surface area contributed by atoms with Crippen LogP contribution >= 0.6 is 0 Å². The Morgan fingerprint density at radius 2 is 0.489 bits per heavy atom. The van der Waals surface area contributed by atoms with Crippen molar-refractivity contribution in [3.8, 4) is 89.8 Å². The van der Waals surface area contributed by atoms with Crippen molar-refractivity contribution in [2.45, 2.75) is 31.6 Å². The van der Waals surface area contributed by atoms with Gasteiger partial charge in [-0.25, -0.2) is 13.2 Å². The molecule has 0 radical (unpaired) electrons. The zero-order chi connectivity index (χ0) is 63.1. The fourth-order valence-corrected chi connectivity index (χ4v) is 11.1. The Hall–Kier alpha value is -10.2. The van der Waals surface area contributed by atoms with E-state index in [0.717, 1.165) is 35.7 Å². The Balaban J connectivity index is 0.000000188. The molecule has 0 spiro atoms. The molecule has 12 aromatic rings. The van der Waals surface area contributed by atoms with Crippen LogP contribution in [0.1, 0.15) is 27.8 Å². The maximum absolute atomic E-state index is 14.4. The molecule has 0 saturated carbocycles. The van der Waals surface area contributed by atoms with Crippen molar-refractivity contribution >= 4 is 43.1 Å². The number of halogens is 15. The number of fused-ring (bicyclic) bond motifs is 4. The number of phenolic OH excluding ortho intramolecular Hbond substituents is 4. The Labute approximate surface area is 488 Å². The van der Waals surface area contributed by atoms with E-state index in [1.54, 1.807) is 25.1 Å². The summed E-state index contributed by atoms with van der Waals surface area (Å²) in [5.74, 6) is -4.20. The summed E-state index contributed by atoms with van der Waals surface area (Å²) in [7, 11) is 0. The summed E-state index contributed by atoms with van der Waals surface area (Å²) in [5.41, 5.74) is -7.37. The summed E-state index contributed by atoms with van der Waals surface area (Å²) >= 11 is 0. The van der Waals surface area contributed by atoms with Gasteiger partial charge in [-0.3, -0.25) is 0 Å². The molecule has 0 unspecified atom stereocenters. The second kappa shape index (κ2) is 22.0. The molecule has 4 N–H and O–H groups in total. The summed E-state index contributed by atoms with van der Waals surface area (Å²) in [6, 6.07) is 40.8. The second-order valence-electron chi connectivity index (χ2n) is 20.7. The summed E-state index contributed by atoms with van der Waals surface area (Å²) in [6.45, 7) is 1.77. The van der Waals surface area contributed by atoms with E-state index < -0.39 is 98.2 Å². The molecular weight excluding hydrogens is 1180 g/mol. The third kappa shape index (κ3) is 11.3. The first-order chi connectivity index (χ1) is 41.4. The number of phenols is 4. The van der Waals surface area contributed by atoms with Gasteiger partial charge in [0, 0.05) is 50.6 Å². The normalized spacial score (nSPS) is 12.3. The molecule has 12 rings (SSSR count). The molecule has 19 heteroatoms. The third-order valence-corrected chi connectivity index (χ3v) is 14.9. The quantitative estimate of drug-likeness (QED) is 0.125. The van der Waals surface area contributed by atoms with Gasteiger partial charge in [-0.05, 0) is 163 Å². The molecule has 0 aliphatic carbocycles. The van der Waals surface area contributed by atoms with Crippen LogP contribution in [0.25, 0.3) is 110 Å². The minimum absolute atomic E-state index is 0.0920. The monoisotopic (exact) mass is 1220 g/mol. The molecule has 0 saturated heterocycles. The molecule has 0 heterocycles. The second-order valence-corrected chi connectivity index (χ2v) is 20.7. The van der Waals surface area contributed by atoms with Crippen molar-refractivity contribution < 1.29 is 86.3 Å². The van der Waals surface area contributed by atoms with Crippen molar-refractivity contribution in [2.75, 3.05) is 0 Å². The predicted octanol–water partition coefficient (Wildman–Crippen LogP) is 21.6. The van der Waals surface area contributed by atoms with E-state index in [1.165, 1.54) is 60.7 Å². The first kappa shape index (κ1) is 59.6. The SMILES string of the molecule is Cc1cc(F)cc(-c2cc3ccccc3c(-c3c(O)c(-c4cc(F)cc(F)c4)cc4ccccc34)c2O)c1.Oc1c(-c2cc(C(F)(F)F)cc(C(F)(F)F)c2)cc2ccccc2c1-c1c(O)c(-c2cc(C(F)(F)F)cc(C(F)(F)F)c2)cc2ccccc12. The summed E-state index contributed by atoms with van der Waals surface area (Å²) < 4.78 is 208. The molecule has 0 aliphatic heterocycles. The van der Waals surface area contributed by atoms with Gasteiger partial charge >= 0.3 is 24.7 Å². The average molecular weight is 1220 g/mol. The highest BCUT2D eigenvalue weighted by molar-refractivity contribution is 6.15. The van der Waals surface area contributed by atoms with Crippen LogP contribution in [0.2, 0.25) is 0 Å². The topological polar surface area (TPSA) is 80.9 Å². The smallest absolute Gasteiger partial charge is 0.416 e. The van der Waals surface area contributed by atoms with Gasteiger partial charge in [-0.15, -0.1) is 0 Å². The maximum atomic E-state index is 14.4. The van der Waals surface area contributed by atoms with E-state index in [4.69, 9.17) is 0 Å². The molecule has 12 aromatic carbocycles. The average Bonchev–Trinajstić information content (AvgIpc) is 0.787. The molecule has 0 fully saturated rings. The summed E-state index contributed by atoms with van der Waals surface area (Å²) in [4.78, 5) is 0. The van der Waals surface area contributed by atoms with Crippen molar-refractivity contribution in [3.05, 3.63) is 239 Å². The number of aromatic hydroxyl groups is 4. The van der Waals surface area contributed by atoms with Crippen LogP contribution in [-0.4, -0.2) is 20.4 Å². The fourth-order valence-electron chi connectivity index (χ4n) is 11.1. The van der Waals surface area contributed by atoms with Crippen LogP contribution in [-0.2, 0) is 24.7 Å². The van der Waals surface area contributed by atoms with Gasteiger partial charge in [0.2, 0.25) is 0 Å². The van der Waals surface area contributed by atoms with Gasteiger partial charge in [0.25, 0.3) is 0 Å². The lowest BCUT2D eigenvalue weighted by Gasteiger charge is -2.21. The van der Waals surface area contributed by atoms with Crippen LogP contribution in [0.4, 0.5) is 65.9 Å². The first-order valence-electron chi connectivity index (χ1n) is 26.3. The molecular formula is C69H39F15O4. The van der Waals surface area contributed by atoms with E-state index >= 15 is 0 Å². The van der Waals surface area contributed by atoms with Gasteiger partial charge < -0.3 is 20.4 Å². The number of hydrogen-bond acceptors (Lipinski definition) is 4. The number of benzene rings is 12. The van der Waals surface area contributed by atoms with Gasteiger partial charge in [0.1, 0.15) is 40.4 Å².